The molecule has 33 heavy (non-hydrogen) atoms. The number of aromatic amines is 1. The number of aryl methyl sites for hydroxylation is 1. The highest BCUT2D eigenvalue weighted by Gasteiger charge is 2.23. The summed E-state index contributed by atoms with van der Waals surface area (Å²) in [5.41, 5.74) is 6.77. The Bertz CT molecular complexity index is 1240. The first-order chi connectivity index (χ1) is 15.8. The molecule has 0 radical (unpaired) electrons. The average molecular weight is 476 g/mol. The first-order valence-electron chi connectivity index (χ1n) is 11.8. The molecule has 6 rings (SSSR count). The molecule has 1 saturated heterocycles. The highest BCUT2D eigenvalue weighted by molar-refractivity contribution is 7.99. The number of para-hydroxylation sites is 3. The fraction of sp³-hybridized carbons (Fsp3) is 0.286. The van der Waals surface area contributed by atoms with Crippen molar-refractivity contribution < 1.29 is 0 Å². The number of halogens is 1. The molecule has 2 aliphatic rings. The number of hydrogen-bond acceptors (Lipinski definition) is 3. The van der Waals surface area contributed by atoms with E-state index in [-0.39, 0.29) is 12.4 Å². The molecule has 170 valence electrons. The van der Waals surface area contributed by atoms with Gasteiger partial charge in [0.2, 0.25) is 0 Å². The standard InChI is InChI=1S/C28H29N3S.ClH/c1-2-10-24-22(9-1)23(19-29-24)20-14-17-31(18-15-20)16-6-8-21-7-5-13-27-28(21)30-25-11-3-4-12-26(25)32-27;/h1-5,7,9-13,19-20,29-30H,6,8,14-18H2;1H. The first-order valence-corrected chi connectivity index (χ1v) is 12.6. The molecule has 5 heteroatoms. The topological polar surface area (TPSA) is 31.1 Å². The summed E-state index contributed by atoms with van der Waals surface area (Å²) in [7, 11) is 0. The maximum atomic E-state index is 3.70. The van der Waals surface area contributed by atoms with Crippen LogP contribution in [0.15, 0.2) is 82.7 Å². The van der Waals surface area contributed by atoms with Gasteiger partial charge in [0, 0.05) is 26.9 Å². The van der Waals surface area contributed by atoms with Crippen molar-refractivity contribution in [2.75, 3.05) is 25.0 Å². The largest absolute Gasteiger partial charge is 0.361 e. The van der Waals surface area contributed by atoms with Crippen molar-refractivity contribution >= 4 is 46.4 Å². The Morgan fingerprint density at radius 3 is 2.58 bits per heavy atom. The Morgan fingerprint density at radius 2 is 1.67 bits per heavy atom. The minimum absolute atomic E-state index is 0. The molecule has 0 saturated carbocycles. The van der Waals surface area contributed by atoms with E-state index in [4.69, 9.17) is 0 Å². The summed E-state index contributed by atoms with van der Waals surface area (Å²) < 4.78 is 0. The van der Waals surface area contributed by atoms with Crippen LogP contribution in [0.1, 0.15) is 36.3 Å². The maximum absolute atomic E-state index is 3.70. The lowest BCUT2D eigenvalue weighted by atomic mass is 9.89. The summed E-state index contributed by atoms with van der Waals surface area (Å²) in [6.07, 6.45) is 7.10. The van der Waals surface area contributed by atoms with E-state index in [0.29, 0.717) is 5.92 Å². The summed E-state index contributed by atoms with van der Waals surface area (Å²) in [6, 6.07) is 24.1. The molecule has 2 aliphatic heterocycles. The highest BCUT2D eigenvalue weighted by atomic mass is 35.5. The molecule has 3 heterocycles. The SMILES string of the molecule is Cl.c1ccc2c(c1)Nc1c(CCCN3CCC(c4c[nH]c5ccccc45)CC3)cccc1S2. The number of fused-ring (bicyclic) bond motifs is 3. The summed E-state index contributed by atoms with van der Waals surface area (Å²) in [4.78, 5) is 8.79. The Kier molecular flexibility index (Phi) is 6.68. The van der Waals surface area contributed by atoms with Crippen LogP contribution in [-0.4, -0.2) is 29.5 Å². The molecule has 0 spiro atoms. The molecular formula is C28H30ClN3S. The fourth-order valence-electron chi connectivity index (χ4n) is 5.32. The van der Waals surface area contributed by atoms with Crippen LogP contribution in [0, 0.1) is 0 Å². The lowest BCUT2D eigenvalue weighted by Gasteiger charge is -2.32. The summed E-state index contributed by atoms with van der Waals surface area (Å²) in [6.45, 7) is 3.60. The molecular weight excluding hydrogens is 446 g/mol. The van der Waals surface area contributed by atoms with Crippen LogP contribution in [0.25, 0.3) is 10.9 Å². The van der Waals surface area contributed by atoms with E-state index >= 15 is 0 Å². The third-order valence-corrected chi connectivity index (χ3v) is 8.18. The molecule has 0 amide bonds. The molecule has 0 bridgehead atoms. The molecule has 2 N–H and O–H groups in total. The molecule has 3 aromatic carbocycles. The average Bonchev–Trinajstić information content (AvgIpc) is 3.28. The number of rotatable bonds is 5. The van der Waals surface area contributed by atoms with Gasteiger partial charge in [0.25, 0.3) is 0 Å². The van der Waals surface area contributed by atoms with Crippen LogP contribution in [0.4, 0.5) is 11.4 Å². The molecule has 1 fully saturated rings. The quantitative estimate of drug-likeness (QED) is 0.274. The van der Waals surface area contributed by atoms with E-state index < -0.39 is 0 Å². The lowest BCUT2D eigenvalue weighted by Crippen LogP contribution is -2.33. The van der Waals surface area contributed by atoms with Gasteiger partial charge in [0.1, 0.15) is 0 Å². The number of nitrogens with zero attached hydrogens (tertiary/aromatic N) is 1. The molecule has 0 atom stereocenters. The number of nitrogens with one attached hydrogen (secondary N) is 2. The summed E-state index contributed by atoms with van der Waals surface area (Å²) in [5, 5.41) is 5.11. The minimum atomic E-state index is 0. The number of likely N-dealkylation sites (tertiary alicyclic amines) is 1. The molecule has 4 aromatic rings. The number of aromatic nitrogens is 1. The van der Waals surface area contributed by atoms with E-state index in [1.165, 1.54) is 82.1 Å². The van der Waals surface area contributed by atoms with Crippen molar-refractivity contribution in [3.8, 4) is 0 Å². The molecule has 3 nitrogen and oxygen atoms in total. The van der Waals surface area contributed by atoms with Crippen molar-refractivity contribution in [1.82, 2.24) is 9.88 Å². The fourth-order valence-corrected chi connectivity index (χ4v) is 6.36. The summed E-state index contributed by atoms with van der Waals surface area (Å²) >= 11 is 1.88. The molecule has 0 unspecified atom stereocenters. The monoisotopic (exact) mass is 475 g/mol. The predicted molar refractivity (Wildman–Crippen MR) is 143 cm³/mol. The zero-order valence-corrected chi connectivity index (χ0v) is 20.4. The van der Waals surface area contributed by atoms with Gasteiger partial charge in [0.15, 0.2) is 0 Å². The van der Waals surface area contributed by atoms with Crippen LogP contribution in [0.2, 0.25) is 0 Å². The van der Waals surface area contributed by atoms with E-state index in [9.17, 15) is 0 Å². The number of benzene rings is 3. The van der Waals surface area contributed by atoms with Gasteiger partial charge >= 0.3 is 0 Å². The van der Waals surface area contributed by atoms with Crippen LogP contribution >= 0.6 is 24.2 Å². The summed E-state index contributed by atoms with van der Waals surface area (Å²) in [5.74, 6) is 0.685. The molecule has 1 aromatic heterocycles. The van der Waals surface area contributed by atoms with Gasteiger partial charge in [-0.2, -0.15) is 0 Å². The van der Waals surface area contributed by atoms with Gasteiger partial charge in [-0.25, -0.2) is 0 Å². The normalized spacial score (nSPS) is 16.0. The number of piperidine rings is 1. The highest BCUT2D eigenvalue weighted by Crippen LogP contribution is 2.45. The predicted octanol–water partition coefficient (Wildman–Crippen LogP) is 7.61. The Morgan fingerprint density at radius 1 is 0.879 bits per heavy atom. The smallest absolute Gasteiger partial charge is 0.0558 e. The van der Waals surface area contributed by atoms with Crippen LogP contribution in [0.3, 0.4) is 0 Å². The number of H-pyrrole nitrogens is 1. The van der Waals surface area contributed by atoms with Gasteiger partial charge in [-0.1, -0.05) is 54.2 Å². The van der Waals surface area contributed by atoms with E-state index in [2.05, 4.69) is 88.1 Å². The van der Waals surface area contributed by atoms with Gasteiger partial charge in [-0.3, -0.25) is 0 Å². The Hall–Kier alpha value is -2.40. The second-order valence-corrected chi connectivity index (χ2v) is 10.1. The third-order valence-electron chi connectivity index (χ3n) is 7.05. The molecule has 0 aliphatic carbocycles. The Labute approximate surface area is 206 Å². The van der Waals surface area contributed by atoms with Gasteiger partial charge in [-0.15, -0.1) is 12.4 Å². The van der Waals surface area contributed by atoms with Crippen LogP contribution in [-0.2, 0) is 6.42 Å². The maximum Gasteiger partial charge on any atom is 0.0558 e. The second kappa shape index (κ2) is 9.84. The second-order valence-electron chi connectivity index (χ2n) is 9.02. The van der Waals surface area contributed by atoms with Crippen molar-refractivity contribution in [3.05, 3.63) is 84.1 Å². The van der Waals surface area contributed by atoms with Crippen molar-refractivity contribution in [2.45, 2.75) is 41.4 Å². The Balaban J connectivity index is 0.00000228. The van der Waals surface area contributed by atoms with Gasteiger partial charge < -0.3 is 15.2 Å². The van der Waals surface area contributed by atoms with Crippen molar-refractivity contribution in [3.63, 3.8) is 0 Å². The first kappa shape index (κ1) is 22.4. The van der Waals surface area contributed by atoms with Gasteiger partial charge in [0.05, 0.1) is 11.4 Å². The minimum Gasteiger partial charge on any atom is -0.361 e. The van der Waals surface area contributed by atoms with Crippen LogP contribution < -0.4 is 5.32 Å². The third kappa shape index (κ3) is 4.52. The number of hydrogen-bond donors (Lipinski definition) is 2. The lowest BCUT2D eigenvalue weighted by molar-refractivity contribution is 0.211. The zero-order chi connectivity index (χ0) is 21.3. The zero-order valence-electron chi connectivity index (χ0n) is 18.7. The van der Waals surface area contributed by atoms with E-state index in [1.54, 1.807) is 0 Å². The van der Waals surface area contributed by atoms with Crippen LogP contribution in [0.5, 0.6) is 0 Å². The van der Waals surface area contributed by atoms with E-state index in [1.807, 2.05) is 11.8 Å². The number of anilines is 2. The van der Waals surface area contributed by atoms with E-state index in [0.717, 1.165) is 6.42 Å². The van der Waals surface area contributed by atoms with Gasteiger partial charge in [-0.05, 0) is 86.6 Å². The van der Waals surface area contributed by atoms with Crippen molar-refractivity contribution in [1.29, 1.82) is 0 Å². The van der Waals surface area contributed by atoms with Crippen molar-refractivity contribution in [2.24, 2.45) is 0 Å².